The van der Waals surface area contributed by atoms with Crippen molar-refractivity contribution >= 4 is 16.9 Å². The van der Waals surface area contributed by atoms with Crippen LogP contribution in [0.25, 0.3) is 11.0 Å². The van der Waals surface area contributed by atoms with Crippen LogP contribution in [0.4, 0.5) is 0 Å². The molecule has 0 bridgehead atoms. The molecule has 0 aliphatic rings. The fourth-order valence-electron chi connectivity index (χ4n) is 1.78. The average Bonchev–Trinajstić information content (AvgIpc) is 2.64. The normalized spacial score (nSPS) is 12.7. The highest BCUT2D eigenvalue weighted by atomic mass is 16.3. The van der Waals surface area contributed by atoms with Crippen molar-refractivity contribution < 1.29 is 9.90 Å². The lowest BCUT2D eigenvalue weighted by molar-refractivity contribution is 0.0922. The quantitative estimate of drug-likeness (QED) is 0.823. The highest BCUT2D eigenvalue weighted by Gasteiger charge is 2.13. The molecule has 6 heteroatoms. The Morgan fingerprint density at radius 3 is 3.00 bits per heavy atom. The molecule has 6 nitrogen and oxygen atoms in total. The molecule has 0 aromatic carbocycles. The third-order valence-electron chi connectivity index (χ3n) is 2.78. The zero-order valence-corrected chi connectivity index (χ0v) is 10.6. The van der Waals surface area contributed by atoms with Crippen LogP contribution in [-0.4, -0.2) is 38.4 Å². The van der Waals surface area contributed by atoms with Gasteiger partial charge < -0.3 is 10.4 Å². The summed E-state index contributed by atoms with van der Waals surface area (Å²) in [7, 11) is 1.82. The SMILES string of the molecule is Cc1nn(C)c2ncc(C(=O)NC(C)CO)cc12. The van der Waals surface area contributed by atoms with Crippen molar-refractivity contribution in [1.29, 1.82) is 0 Å². The summed E-state index contributed by atoms with van der Waals surface area (Å²) < 4.78 is 1.68. The van der Waals surface area contributed by atoms with Crippen molar-refractivity contribution in [2.45, 2.75) is 19.9 Å². The molecule has 2 aromatic rings. The van der Waals surface area contributed by atoms with Gasteiger partial charge in [0.25, 0.3) is 5.91 Å². The van der Waals surface area contributed by atoms with Gasteiger partial charge in [-0.25, -0.2) is 4.98 Å². The molecule has 1 unspecified atom stereocenters. The van der Waals surface area contributed by atoms with Gasteiger partial charge in [-0.15, -0.1) is 0 Å². The van der Waals surface area contributed by atoms with Gasteiger partial charge in [-0.3, -0.25) is 9.48 Å². The first-order chi connectivity index (χ1) is 8.52. The minimum absolute atomic E-state index is 0.0899. The molecule has 0 saturated heterocycles. The van der Waals surface area contributed by atoms with E-state index in [0.717, 1.165) is 16.7 Å². The van der Waals surface area contributed by atoms with E-state index in [9.17, 15) is 4.79 Å². The van der Waals surface area contributed by atoms with Crippen LogP contribution in [0.1, 0.15) is 23.0 Å². The number of aliphatic hydroxyl groups is 1. The number of aliphatic hydroxyl groups excluding tert-OH is 1. The maximum atomic E-state index is 11.9. The molecule has 2 N–H and O–H groups in total. The lowest BCUT2D eigenvalue weighted by atomic mass is 10.2. The zero-order chi connectivity index (χ0) is 13.3. The number of aryl methyl sites for hydroxylation is 2. The van der Waals surface area contributed by atoms with Crippen LogP contribution in [0.3, 0.4) is 0 Å². The lowest BCUT2D eigenvalue weighted by Gasteiger charge is -2.10. The number of hydrogen-bond donors (Lipinski definition) is 2. The topological polar surface area (TPSA) is 80.0 Å². The van der Waals surface area contributed by atoms with Gasteiger partial charge in [-0.05, 0) is 19.9 Å². The smallest absolute Gasteiger partial charge is 0.253 e. The van der Waals surface area contributed by atoms with E-state index in [4.69, 9.17) is 5.11 Å². The summed E-state index contributed by atoms with van der Waals surface area (Å²) in [5.41, 5.74) is 2.06. The third kappa shape index (κ3) is 2.19. The van der Waals surface area contributed by atoms with Crippen molar-refractivity contribution in [2.24, 2.45) is 7.05 Å². The fourth-order valence-corrected chi connectivity index (χ4v) is 1.78. The molecule has 2 heterocycles. The fraction of sp³-hybridized carbons (Fsp3) is 0.417. The molecule has 2 rings (SSSR count). The molecule has 0 aliphatic heterocycles. The standard InChI is InChI=1S/C12H16N4O2/c1-7(6-17)14-12(18)9-4-10-8(2)15-16(3)11(10)13-5-9/h4-5,7,17H,6H2,1-3H3,(H,14,18). The maximum absolute atomic E-state index is 11.9. The highest BCUT2D eigenvalue weighted by Crippen LogP contribution is 2.16. The van der Waals surface area contributed by atoms with Gasteiger partial charge in [0.05, 0.1) is 17.9 Å². The Labute approximate surface area is 105 Å². The Hall–Kier alpha value is -1.95. The predicted molar refractivity (Wildman–Crippen MR) is 67.3 cm³/mol. The monoisotopic (exact) mass is 248 g/mol. The number of aromatic nitrogens is 3. The summed E-state index contributed by atoms with van der Waals surface area (Å²) in [5, 5.41) is 16.7. The molecule has 0 spiro atoms. The number of pyridine rings is 1. The zero-order valence-electron chi connectivity index (χ0n) is 10.6. The van der Waals surface area contributed by atoms with E-state index in [2.05, 4.69) is 15.4 Å². The molecular weight excluding hydrogens is 232 g/mol. The van der Waals surface area contributed by atoms with E-state index in [1.54, 1.807) is 17.7 Å². The van der Waals surface area contributed by atoms with E-state index in [0.29, 0.717) is 5.56 Å². The summed E-state index contributed by atoms with van der Waals surface area (Å²) in [6.45, 7) is 3.52. The molecule has 2 aromatic heterocycles. The minimum atomic E-state index is -0.275. The molecular formula is C12H16N4O2. The van der Waals surface area contributed by atoms with Crippen molar-refractivity contribution in [1.82, 2.24) is 20.1 Å². The molecule has 0 fully saturated rings. The first-order valence-electron chi connectivity index (χ1n) is 5.74. The van der Waals surface area contributed by atoms with E-state index in [1.807, 2.05) is 14.0 Å². The van der Waals surface area contributed by atoms with Crippen molar-refractivity contribution in [2.75, 3.05) is 6.61 Å². The van der Waals surface area contributed by atoms with Crippen LogP contribution in [0.2, 0.25) is 0 Å². The summed E-state index contributed by atoms with van der Waals surface area (Å²) in [6.07, 6.45) is 1.52. The van der Waals surface area contributed by atoms with Gasteiger partial charge in [0.2, 0.25) is 0 Å². The van der Waals surface area contributed by atoms with E-state index < -0.39 is 0 Å². The van der Waals surface area contributed by atoms with Crippen molar-refractivity contribution in [3.8, 4) is 0 Å². The lowest BCUT2D eigenvalue weighted by Crippen LogP contribution is -2.35. The number of amides is 1. The van der Waals surface area contributed by atoms with E-state index in [1.165, 1.54) is 6.20 Å². The number of carbonyl (C=O) groups is 1. The largest absolute Gasteiger partial charge is 0.394 e. The number of fused-ring (bicyclic) bond motifs is 1. The van der Waals surface area contributed by atoms with Crippen LogP contribution in [-0.2, 0) is 7.05 Å². The van der Waals surface area contributed by atoms with Gasteiger partial charge >= 0.3 is 0 Å². The average molecular weight is 248 g/mol. The van der Waals surface area contributed by atoms with Crippen LogP contribution in [0.5, 0.6) is 0 Å². The van der Waals surface area contributed by atoms with Gasteiger partial charge in [0.1, 0.15) is 0 Å². The van der Waals surface area contributed by atoms with Crippen molar-refractivity contribution in [3.05, 3.63) is 23.5 Å². The molecule has 0 aliphatic carbocycles. The molecule has 1 amide bonds. The number of nitrogens with zero attached hydrogens (tertiary/aromatic N) is 3. The number of carbonyl (C=O) groups excluding carboxylic acids is 1. The second-order valence-corrected chi connectivity index (χ2v) is 4.36. The van der Waals surface area contributed by atoms with Gasteiger partial charge in [-0.2, -0.15) is 5.10 Å². The molecule has 0 saturated carbocycles. The van der Waals surface area contributed by atoms with Crippen LogP contribution >= 0.6 is 0 Å². The van der Waals surface area contributed by atoms with E-state index >= 15 is 0 Å². The van der Waals surface area contributed by atoms with Crippen LogP contribution in [0.15, 0.2) is 12.3 Å². The Kier molecular flexibility index (Phi) is 3.29. The van der Waals surface area contributed by atoms with Gasteiger partial charge in [0, 0.05) is 24.7 Å². The second-order valence-electron chi connectivity index (χ2n) is 4.36. The number of hydrogen-bond acceptors (Lipinski definition) is 4. The van der Waals surface area contributed by atoms with Crippen LogP contribution < -0.4 is 5.32 Å². The summed E-state index contributed by atoms with van der Waals surface area (Å²) in [5.74, 6) is -0.241. The first kappa shape index (κ1) is 12.5. The van der Waals surface area contributed by atoms with Crippen LogP contribution in [0, 0.1) is 6.92 Å². The molecule has 96 valence electrons. The first-order valence-corrected chi connectivity index (χ1v) is 5.74. The highest BCUT2D eigenvalue weighted by molar-refractivity contribution is 5.97. The Bertz CT molecular complexity index is 591. The Morgan fingerprint density at radius 1 is 1.61 bits per heavy atom. The maximum Gasteiger partial charge on any atom is 0.253 e. The second kappa shape index (κ2) is 4.73. The molecule has 1 atom stereocenters. The Balaban J connectivity index is 2.35. The predicted octanol–water partition coefficient (Wildman–Crippen LogP) is 0.387. The van der Waals surface area contributed by atoms with Gasteiger partial charge in [0.15, 0.2) is 5.65 Å². The third-order valence-corrected chi connectivity index (χ3v) is 2.78. The summed E-state index contributed by atoms with van der Waals surface area (Å²) in [4.78, 5) is 16.1. The van der Waals surface area contributed by atoms with E-state index in [-0.39, 0.29) is 18.6 Å². The van der Waals surface area contributed by atoms with Gasteiger partial charge in [-0.1, -0.05) is 0 Å². The minimum Gasteiger partial charge on any atom is -0.394 e. The van der Waals surface area contributed by atoms with Crippen molar-refractivity contribution in [3.63, 3.8) is 0 Å². The molecule has 0 radical (unpaired) electrons. The summed E-state index contributed by atoms with van der Waals surface area (Å²) >= 11 is 0. The Morgan fingerprint density at radius 2 is 2.33 bits per heavy atom. The number of nitrogens with one attached hydrogen (secondary N) is 1. The summed E-state index contributed by atoms with van der Waals surface area (Å²) in [6, 6.07) is 1.49. The molecule has 18 heavy (non-hydrogen) atoms. The number of rotatable bonds is 3.